The summed E-state index contributed by atoms with van der Waals surface area (Å²) in [4.78, 5) is 4.84. The van der Waals surface area contributed by atoms with Crippen LogP contribution in [0, 0.1) is 6.92 Å². The van der Waals surface area contributed by atoms with Gasteiger partial charge in [-0.05, 0) is 28.8 Å². The highest BCUT2D eigenvalue weighted by Crippen LogP contribution is 2.30. The van der Waals surface area contributed by atoms with Gasteiger partial charge in [-0.25, -0.2) is 0 Å². The molecule has 0 aliphatic rings. The van der Waals surface area contributed by atoms with Crippen molar-refractivity contribution in [2.24, 2.45) is 0 Å². The Bertz CT molecular complexity index is 802. The van der Waals surface area contributed by atoms with E-state index in [2.05, 4.69) is 87.4 Å². The minimum atomic E-state index is -1.48. The van der Waals surface area contributed by atoms with Crippen LogP contribution in [0.5, 0.6) is 0 Å². The molecule has 116 valence electrons. The van der Waals surface area contributed by atoms with E-state index in [0.717, 1.165) is 5.69 Å². The first-order valence-electron chi connectivity index (χ1n) is 8.09. The number of rotatable bonds is 3. The smallest absolute Gasteiger partial charge is 0.0804 e. The first-order chi connectivity index (χ1) is 11.0. The Kier molecular flexibility index (Phi) is 4.18. The van der Waals surface area contributed by atoms with Crippen molar-refractivity contribution in [3.05, 3.63) is 72.4 Å². The lowest BCUT2D eigenvalue weighted by Crippen LogP contribution is -2.40. The molecular weight excluding hydrogens is 294 g/mol. The molecule has 2 aromatic carbocycles. The molecule has 3 rings (SSSR count). The predicted molar refractivity (Wildman–Crippen MR) is 103 cm³/mol. The van der Waals surface area contributed by atoms with Crippen LogP contribution in [0.2, 0.25) is 19.6 Å². The van der Waals surface area contributed by atoms with Crippen LogP contribution in [0.25, 0.3) is 22.4 Å². The molecule has 1 aromatic heterocycles. The van der Waals surface area contributed by atoms with Crippen molar-refractivity contribution in [3.8, 4) is 22.4 Å². The Hall–Kier alpha value is -2.19. The molecule has 0 N–H and O–H groups in total. The van der Waals surface area contributed by atoms with Gasteiger partial charge in [-0.2, -0.15) is 0 Å². The molecule has 23 heavy (non-hydrogen) atoms. The summed E-state index contributed by atoms with van der Waals surface area (Å²) in [6.45, 7) is 9.37. The minimum Gasteiger partial charge on any atom is -0.256 e. The zero-order chi connectivity index (χ0) is 16.4. The van der Waals surface area contributed by atoms with Crippen molar-refractivity contribution >= 4 is 13.3 Å². The highest BCUT2D eigenvalue weighted by molar-refractivity contribution is 6.89. The summed E-state index contributed by atoms with van der Waals surface area (Å²) in [6, 6.07) is 21.2. The summed E-state index contributed by atoms with van der Waals surface area (Å²) in [5.74, 6) is 0. The van der Waals surface area contributed by atoms with Gasteiger partial charge < -0.3 is 0 Å². The largest absolute Gasteiger partial charge is 0.256 e. The van der Waals surface area contributed by atoms with E-state index in [1.165, 1.54) is 27.4 Å². The topological polar surface area (TPSA) is 12.9 Å². The maximum atomic E-state index is 4.84. The molecular formula is C21H23NSi. The van der Waals surface area contributed by atoms with Gasteiger partial charge in [-0.3, -0.25) is 4.98 Å². The Labute approximate surface area is 140 Å². The van der Waals surface area contributed by atoms with E-state index in [9.17, 15) is 0 Å². The summed E-state index contributed by atoms with van der Waals surface area (Å²) in [5.41, 5.74) is 6.22. The number of benzene rings is 2. The van der Waals surface area contributed by atoms with Crippen molar-refractivity contribution in [2.75, 3.05) is 0 Å². The van der Waals surface area contributed by atoms with Gasteiger partial charge in [-0.1, -0.05) is 80.3 Å². The molecule has 2 heteroatoms. The molecule has 0 aliphatic heterocycles. The van der Waals surface area contributed by atoms with Crippen LogP contribution in [0.3, 0.4) is 0 Å². The molecule has 0 atom stereocenters. The highest BCUT2D eigenvalue weighted by Gasteiger charge is 2.24. The van der Waals surface area contributed by atoms with Crippen molar-refractivity contribution in [2.45, 2.75) is 26.6 Å². The normalized spacial score (nSPS) is 11.5. The van der Waals surface area contributed by atoms with E-state index < -0.39 is 8.07 Å². The predicted octanol–water partition coefficient (Wildman–Crippen LogP) is 5.27. The third-order valence-electron chi connectivity index (χ3n) is 4.24. The van der Waals surface area contributed by atoms with E-state index in [0.29, 0.717) is 0 Å². The third-order valence-corrected chi connectivity index (χ3v) is 6.24. The van der Waals surface area contributed by atoms with Crippen molar-refractivity contribution in [1.29, 1.82) is 0 Å². The fourth-order valence-electron chi connectivity index (χ4n) is 3.04. The summed E-state index contributed by atoms with van der Waals surface area (Å²) >= 11 is 0. The fourth-order valence-corrected chi connectivity index (χ4v) is 4.58. The number of nitrogens with zero attached hydrogens (tertiary/aromatic N) is 1. The number of pyridine rings is 1. The van der Waals surface area contributed by atoms with Gasteiger partial charge in [0.15, 0.2) is 0 Å². The fraction of sp³-hybridized carbons (Fsp3) is 0.190. The van der Waals surface area contributed by atoms with E-state index in [-0.39, 0.29) is 0 Å². The van der Waals surface area contributed by atoms with Crippen LogP contribution in [0.1, 0.15) is 5.56 Å². The zero-order valence-electron chi connectivity index (χ0n) is 14.3. The van der Waals surface area contributed by atoms with E-state index in [1.54, 1.807) is 0 Å². The van der Waals surface area contributed by atoms with Gasteiger partial charge in [0.1, 0.15) is 0 Å². The molecule has 0 saturated heterocycles. The molecule has 0 aliphatic carbocycles. The zero-order valence-corrected chi connectivity index (χ0v) is 15.3. The van der Waals surface area contributed by atoms with Crippen LogP contribution in [-0.4, -0.2) is 13.1 Å². The molecule has 1 nitrogen and oxygen atoms in total. The average Bonchev–Trinajstić information content (AvgIpc) is 2.55. The molecule has 0 fully saturated rings. The maximum absolute atomic E-state index is 4.84. The highest BCUT2D eigenvalue weighted by atomic mass is 28.3. The van der Waals surface area contributed by atoms with Crippen LogP contribution in [0.4, 0.5) is 0 Å². The van der Waals surface area contributed by atoms with Gasteiger partial charge in [0.05, 0.1) is 13.8 Å². The molecule has 0 saturated carbocycles. The maximum Gasteiger partial charge on any atom is 0.0804 e. The second-order valence-corrected chi connectivity index (χ2v) is 12.0. The van der Waals surface area contributed by atoms with Gasteiger partial charge in [-0.15, -0.1) is 0 Å². The summed E-state index contributed by atoms with van der Waals surface area (Å²) in [6.07, 6.45) is 2.11. The first-order valence-corrected chi connectivity index (χ1v) is 11.6. The summed E-state index contributed by atoms with van der Waals surface area (Å²) in [7, 11) is -1.48. The van der Waals surface area contributed by atoms with Crippen LogP contribution < -0.4 is 5.19 Å². The first kappa shape index (κ1) is 15.7. The Morgan fingerprint density at radius 1 is 0.739 bits per heavy atom. The van der Waals surface area contributed by atoms with Crippen LogP contribution in [-0.2, 0) is 0 Å². The standard InChI is InChI=1S/C21H23NSi/c1-16-20(17-11-7-5-8-12-17)19(23(2,3)4)15-22-21(16)18-13-9-6-10-14-18/h5-15H,1-4H3. The van der Waals surface area contributed by atoms with Gasteiger partial charge in [0, 0.05) is 11.8 Å². The molecule has 3 aromatic rings. The Morgan fingerprint density at radius 3 is 1.78 bits per heavy atom. The summed E-state index contributed by atoms with van der Waals surface area (Å²) < 4.78 is 0. The second-order valence-electron chi connectivity index (χ2n) is 7.00. The van der Waals surface area contributed by atoms with Crippen molar-refractivity contribution < 1.29 is 0 Å². The lowest BCUT2D eigenvalue weighted by molar-refractivity contribution is 1.28. The second kappa shape index (κ2) is 6.13. The summed E-state index contributed by atoms with van der Waals surface area (Å²) in [5, 5.41) is 1.43. The monoisotopic (exact) mass is 317 g/mol. The molecule has 0 bridgehead atoms. The lowest BCUT2D eigenvalue weighted by Gasteiger charge is -2.24. The van der Waals surface area contributed by atoms with Gasteiger partial charge in [0.25, 0.3) is 0 Å². The lowest BCUT2D eigenvalue weighted by atomic mass is 9.97. The van der Waals surface area contributed by atoms with Gasteiger partial charge >= 0.3 is 0 Å². The molecule has 0 radical (unpaired) electrons. The molecule has 1 heterocycles. The molecule has 0 amide bonds. The third kappa shape index (κ3) is 3.13. The minimum absolute atomic E-state index is 1.09. The average molecular weight is 318 g/mol. The quantitative estimate of drug-likeness (QED) is 0.600. The van der Waals surface area contributed by atoms with Crippen molar-refractivity contribution in [1.82, 2.24) is 4.98 Å². The SMILES string of the molecule is Cc1c(-c2ccccc2)ncc([Si](C)(C)C)c1-c1ccccc1. The van der Waals surface area contributed by atoms with E-state index in [1.807, 2.05) is 6.07 Å². The molecule has 0 spiro atoms. The molecule has 0 unspecified atom stereocenters. The Morgan fingerprint density at radius 2 is 1.26 bits per heavy atom. The number of aromatic nitrogens is 1. The number of hydrogen-bond acceptors (Lipinski definition) is 1. The van der Waals surface area contributed by atoms with Crippen LogP contribution in [0.15, 0.2) is 66.9 Å². The van der Waals surface area contributed by atoms with E-state index >= 15 is 0 Å². The number of hydrogen-bond donors (Lipinski definition) is 0. The van der Waals surface area contributed by atoms with Crippen molar-refractivity contribution in [3.63, 3.8) is 0 Å². The van der Waals surface area contributed by atoms with Gasteiger partial charge in [0.2, 0.25) is 0 Å². The Balaban J connectivity index is 2.29. The van der Waals surface area contributed by atoms with Crippen LogP contribution >= 0.6 is 0 Å². The van der Waals surface area contributed by atoms with E-state index in [4.69, 9.17) is 4.98 Å².